The predicted octanol–water partition coefficient (Wildman–Crippen LogP) is 2.16. The normalized spacial score (nSPS) is 26.1. The number of nitrogens with one attached hydrogen (secondary N) is 1. The highest BCUT2D eigenvalue weighted by atomic mass is 16.3. The highest BCUT2D eigenvalue weighted by molar-refractivity contribution is 5.14. The number of aliphatic hydroxyl groups is 1. The van der Waals surface area contributed by atoms with Crippen molar-refractivity contribution in [1.82, 2.24) is 10.2 Å². The lowest BCUT2D eigenvalue weighted by Crippen LogP contribution is -2.43. The van der Waals surface area contributed by atoms with E-state index in [-0.39, 0.29) is 0 Å². The molecule has 1 aromatic rings. The quantitative estimate of drug-likeness (QED) is 0.863. The molecular weight excluding hydrogens is 248 g/mol. The molecule has 2 fully saturated rings. The third-order valence-electron chi connectivity index (χ3n) is 4.78. The lowest BCUT2D eigenvalue weighted by molar-refractivity contribution is 0.0450. The van der Waals surface area contributed by atoms with Crippen LogP contribution in [0.4, 0.5) is 0 Å². The molecule has 1 atom stereocenters. The van der Waals surface area contributed by atoms with Crippen LogP contribution in [0.1, 0.15) is 37.7 Å². The minimum absolute atomic E-state index is 0.424. The lowest BCUT2D eigenvalue weighted by atomic mass is 10.0. The Balaban J connectivity index is 1.43. The summed E-state index contributed by atoms with van der Waals surface area (Å²) in [5.74, 6) is 0. The van der Waals surface area contributed by atoms with Gasteiger partial charge in [0.2, 0.25) is 0 Å². The van der Waals surface area contributed by atoms with E-state index >= 15 is 0 Å². The van der Waals surface area contributed by atoms with E-state index < -0.39 is 5.60 Å². The molecule has 2 aliphatic rings. The van der Waals surface area contributed by atoms with Crippen LogP contribution in [0, 0.1) is 0 Å². The monoisotopic (exact) mass is 274 g/mol. The fourth-order valence-electron chi connectivity index (χ4n) is 3.53. The van der Waals surface area contributed by atoms with Gasteiger partial charge in [-0.2, -0.15) is 0 Å². The van der Waals surface area contributed by atoms with Gasteiger partial charge in [0.1, 0.15) is 0 Å². The van der Waals surface area contributed by atoms with Crippen molar-refractivity contribution in [2.45, 2.75) is 50.3 Å². The van der Waals surface area contributed by atoms with Crippen LogP contribution < -0.4 is 5.32 Å². The third-order valence-corrected chi connectivity index (χ3v) is 4.78. The molecule has 0 bridgehead atoms. The second-order valence-electron chi connectivity index (χ2n) is 6.52. The molecule has 20 heavy (non-hydrogen) atoms. The molecule has 2 N–H and O–H groups in total. The topological polar surface area (TPSA) is 35.5 Å². The van der Waals surface area contributed by atoms with E-state index in [0.29, 0.717) is 6.04 Å². The van der Waals surface area contributed by atoms with Crippen LogP contribution in [0.3, 0.4) is 0 Å². The molecule has 1 unspecified atom stereocenters. The van der Waals surface area contributed by atoms with Crippen molar-refractivity contribution >= 4 is 0 Å². The first-order valence-electron chi connectivity index (χ1n) is 7.96. The first-order valence-corrected chi connectivity index (χ1v) is 7.96. The molecule has 1 heterocycles. The molecule has 0 aromatic heterocycles. The summed E-state index contributed by atoms with van der Waals surface area (Å²) in [6, 6.07) is 11.2. The molecular formula is C17H26N2O. The van der Waals surface area contributed by atoms with Crippen LogP contribution in [0.2, 0.25) is 0 Å². The molecule has 3 rings (SSSR count). The average Bonchev–Trinajstić information content (AvgIpc) is 3.08. The Morgan fingerprint density at radius 3 is 2.70 bits per heavy atom. The molecule has 3 heteroatoms. The Labute approximate surface area is 122 Å². The van der Waals surface area contributed by atoms with E-state index in [1.807, 2.05) is 0 Å². The number of hydrogen-bond acceptors (Lipinski definition) is 3. The second kappa shape index (κ2) is 6.25. The highest BCUT2D eigenvalue weighted by Crippen LogP contribution is 2.29. The predicted molar refractivity (Wildman–Crippen MR) is 81.5 cm³/mol. The molecule has 1 aromatic carbocycles. The van der Waals surface area contributed by atoms with Gasteiger partial charge in [-0.1, -0.05) is 43.2 Å². The van der Waals surface area contributed by atoms with Crippen molar-refractivity contribution < 1.29 is 5.11 Å². The summed E-state index contributed by atoms with van der Waals surface area (Å²) in [5, 5.41) is 14.0. The number of hydrogen-bond donors (Lipinski definition) is 2. The number of rotatable bonds is 5. The van der Waals surface area contributed by atoms with Gasteiger partial charge < -0.3 is 10.4 Å². The molecule has 3 nitrogen and oxygen atoms in total. The zero-order chi connectivity index (χ0) is 13.8. The Morgan fingerprint density at radius 1 is 1.20 bits per heavy atom. The standard InChI is InChI=1S/C17H26N2O/c20-17(9-4-5-10-17)14-18-16-8-11-19(13-16)12-15-6-2-1-3-7-15/h1-3,6-7,16,18,20H,4-5,8-14H2. The molecule has 1 aliphatic heterocycles. The van der Waals surface area contributed by atoms with Crippen LogP contribution in [0.15, 0.2) is 30.3 Å². The van der Waals surface area contributed by atoms with Crippen molar-refractivity contribution in [3.05, 3.63) is 35.9 Å². The molecule has 0 radical (unpaired) electrons. The van der Waals surface area contributed by atoms with Gasteiger partial charge in [-0.3, -0.25) is 4.90 Å². The molecule has 1 saturated carbocycles. The summed E-state index contributed by atoms with van der Waals surface area (Å²) in [6.07, 6.45) is 5.51. The smallest absolute Gasteiger partial charge is 0.0771 e. The Bertz CT molecular complexity index is 414. The Morgan fingerprint density at radius 2 is 1.95 bits per heavy atom. The molecule has 1 saturated heterocycles. The molecule has 0 spiro atoms. The first-order chi connectivity index (χ1) is 9.73. The highest BCUT2D eigenvalue weighted by Gasteiger charge is 2.32. The van der Waals surface area contributed by atoms with Gasteiger partial charge in [0.25, 0.3) is 0 Å². The maximum atomic E-state index is 10.4. The summed E-state index contributed by atoms with van der Waals surface area (Å²) in [7, 11) is 0. The molecule has 1 aliphatic carbocycles. The van der Waals surface area contributed by atoms with Crippen LogP contribution in [-0.2, 0) is 6.54 Å². The van der Waals surface area contributed by atoms with Crippen LogP contribution >= 0.6 is 0 Å². The van der Waals surface area contributed by atoms with Crippen LogP contribution in [0.5, 0.6) is 0 Å². The molecule has 110 valence electrons. The van der Waals surface area contributed by atoms with E-state index in [4.69, 9.17) is 0 Å². The van der Waals surface area contributed by atoms with E-state index in [0.717, 1.165) is 39.0 Å². The first kappa shape index (κ1) is 14.1. The van der Waals surface area contributed by atoms with Gasteiger partial charge in [0, 0.05) is 32.2 Å². The number of benzene rings is 1. The van der Waals surface area contributed by atoms with E-state index in [1.54, 1.807) is 0 Å². The average molecular weight is 274 g/mol. The summed E-state index contributed by atoms with van der Waals surface area (Å²) in [4.78, 5) is 2.51. The van der Waals surface area contributed by atoms with Gasteiger partial charge in [0.15, 0.2) is 0 Å². The summed E-state index contributed by atoms with van der Waals surface area (Å²) in [6.45, 7) is 4.08. The SMILES string of the molecule is OC1(CNC2CCN(Cc3ccccc3)C2)CCCC1. The number of likely N-dealkylation sites (tertiary alicyclic amines) is 1. The lowest BCUT2D eigenvalue weighted by Gasteiger charge is -2.25. The minimum atomic E-state index is -0.424. The van der Waals surface area contributed by atoms with Crippen molar-refractivity contribution in [3.8, 4) is 0 Å². The van der Waals surface area contributed by atoms with Crippen molar-refractivity contribution in [1.29, 1.82) is 0 Å². The van der Waals surface area contributed by atoms with Crippen LogP contribution in [0.25, 0.3) is 0 Å². The largest absolute Gasteiger partial charge is 0.389 e. The third kappa shape index (κ3) is 3.60. The van der Waals surface area contributed by atoms with E-state index in [9.17, 15) is 5.11 Å². The Kier molecular flexibility index (Phi) is 4.39. The number of nitrogens with zero attached hydrogens (tertiary/aromatic N) is 1. The maximum Gasteiger partial charge on any atom is 0.0771 e. The minimum Gasteiger partial charge on any atom is -0.389 e. The van der Waals surface area contributed by atoms with Crippen molar-refractivity contribution in [3.63, 3.8) is 0 Å². The summed E-state index contributed by atoms with van der Waals surface area (Å²) < 4.78 is 0. The zero-order valence-electron chi connectivity index (χ0n) is 12.2. The second-order valence-corrected chi connectivity index (χ2v) is 6.52. The zero-order valence-corrected chi connectivity index (χ0v) is 12.2. The van der Waals surface area contributed by atoms with Gasteiger partial charge in [-0.25, -0.2) is 0 Å². The van der Waals surface area contributed by atoms with Crippen LogP contribution in [-0.4, -0.2) is 41.3 Å². The van der Waals surface area contributed by atoms with E-state index in [1.165, 1.54) is 24.8 Å². The van der Waals surface area contributed by atoms with Gasteiger partial charge in [-0.05, 0) is 24.8 Å². The van der Waals surface area contributed by atoms with Gasteiger partial charge >= 0.3 is 0 Å². The van der Waals surface area contributed by atoms with Crippen molar-refractivity contribution in [2.24, 2.45) is 0 Å². The fourth-order valence-corrected chi connectivity index (χ4v) is 3.53. The molecule has 0 amide bonds. The maximum absolute atomic E-state index is 10.4. The van der Waals surface area contributed by atoms with Gasteiger partial charge in [-0.15, -0.1) is 0 Å². The van der Waals surface area contributed by atoms with E-state index in [2.05, 4.69) is 40.5 Å². The summed E-state index contributed by atoms with van der Waals surface area (Å²) >= 11 is 0. The van der Waals surface area contributed by atoms with Gasteiger partial charge in [0.05, 0.1) is 5.60 Å². The Hall–Kier alpha value is -0.900. The van der Waals surface area contributed by atoms with Crippen molar-refractivity contribution in [2.75, 3.05) is 19.6 Å². The fraction of sp³-hybridized carbons (Fsp3) is 0.647. The summed E-state index contributed by atoms with van der Waals surface area (Å²) in [5.41, 5.74) is 0.968.